The second-order valence-electron chi connectivity index (χ2n) is 1.65. The van der Waals surface area contributed by atoms with Gasteiger partial charge in [0.2, 0.25) is 11.8 Å². The van der Waals surface area contributed by atoms with Crippen molar-refractivity contribution in [1.29, 1.82) is 0 Å². The molecule has 0 spiro atoms. The van der Waals surface area contributed by atoms with E-state index in [1.54, 1.807) is 0 Å². The molecular formula is C4H5ClN2O4. The van der Waals surface area contributed by atoms with Crippen molar-refractivity contribution in [3.05, 3.63) is 4.91 Å². The molecule has 0 bridgehead atoms. The molecule has 62 valence electrons. The number of rotatable bonds is 0. The number of carbonyl (C=O) groups is 2. The molecule has 1 saturated heterocycles. The number of hydrogen-bond acceptors (Lipinski definition) is 4. The molecule has 1 N–H and O–H groups in total. The number of carbonyl (C=O) groups excluding carboxylic acids is 2. The van der Waals surface area contributed by atoms with Gasteiger partial charge in [-0.2, -0.15) is 4.42 Å². The minimum absolute atomic E-state index is 0.266. The molecule has 2 amide bonds. The molecule has 1 rings (SSSR count). The van der Waals surface area contributed by atoms with Gasteiger partial charge in [-0.3, -0.25) is 9.59 Å². The summed E-state index contributed by atoms with van der Waals surface area (Å²) in [4.78, 5) is 28.8. The van der Waals surface area contributed by atoms with Crippen molar-refractivity contribution in [2.75, 3.05) is 0 Å². The summed E-state index contributed by atoms with van der Waals surface area (Å²) in [7, 11) is 0. The molecule has 1 aliphatic heterocycles. The van der Waals surface area contributed by atoms with Crippen LogP contribution in [0.5, 0.6) is 0 Å². The van der Waals surface area contributed by atoms with Gasteiger partial charge in [0, 0.05) is 24.6 Å². The van der Waals surface area contributed by atoms with Crippen molar-refractivity contribution in [3.8, 4) is 0 Å². The molecule has 0 aromatic rings. The summed E-state index contributed by atoms with van der Waals surface area (Å²) in [6.07, 6.45) is 0.532. The molecule has 0 atom stereocenters. The van der Waals surface area contributed by atoms with E-state index in [2.05, 4.69) is 0 Å². The molecule has 1 fully saturated rings. The third-order valence-electron chi connectivity index (χ3n) is 0.991. The number of halogens is 1. The van der Waals surface area contributed by atoms with E-state index >= 15 is 0 Å². The predicted octanol–water partition coefficient (Wildman–Crippen LogP) is 0.431. The molecule has 0 unspecified atom stereocenters. The van der Waals surface area contributed by atoms with E-state index in [0.29, 0.717) is 4.42 Å². The third kappa shape index (κ3) is 2.94. The summed E-state index contributed by atoms with van der Waals surface area (Å²) in [5.74, 6) is -0.590. The van der Waals surface area contributed by atoms with E-state index in [4.69, 9.17) is 21.9 Å². The number of nitrogens with zero attached hydrogens (tertiary/aromatic N) is 2. The first-order valence-electron chi connectivity index (χ1n) is 2.61. The molecule has 6 nitrogen and oxygen atoms in total. The fourth-order valence-corrected chi connectivity index (χ4v) is 0.718. The lowest BCUT2D eigenvalue weighted by Gasteiger charge is -1.96. The zero-order chi connectivity index (χ0) is 8.85. The average Bonchev–Trinajstić information content (AvgIpc) is 2.22. The Kier molecular flexibility index (Phi) is 4.12. The third-order valence-corrected chi connectivity index (χ3v) is 1.37. The predicted molar refractivity (Wildman–Crippen MR) is 34.5 cm³/mol. The molecule has 0 aromatic carbocycles. The minimum atomic E-state index is -0.295. The van der Waals surface area contributed by atoms with E-state index in [-0.39, 0.29) is 24.7 Å². The fourth-order valence-electron chi connectivity index (χ4n) is 0.549. The van der Waals surface area contributed by atoms with Crippen LogP contribution in [0.3, 0.4) is 0 Å². The van der Waals surface area contributed by atoms with Crippen molar-refractivity contribution < 1.29 is 14.8 Å². The summed E-state index contributed by atoms with van der Waals surface area (Å²) < 4.78 is 0.639. The van der Waals surface area contributed by atoms with E-state index in [9.17, 15) is 9.59 Å². The number of imide groups is 1. The Hall–Kier alpha value is -1.17. The molecular weight excluding hydrogens is 176 g/mol. The highest BCUT2D eigenvalue weighted by Crippen LogP contribution is 2.12. The van der Waals surface area contributed by atoms with Crippen LogP contribution in [0.1, 0.15) is 12.8 Å². The van der Waals surface area contributed by atoms with Crippen molar-refractivity contribution in [1.82, 2.24) is 4.42 Å². The van der Waals surface area contributed by atoms with Gasteiger partial charge in [-0.05, 0) is 0 Å². The zero-order valence-electron chi connectivity index (χ0n) is 5.36. The van der Waals surface area contributed by atoms with Gasteiger partial charge in [-0.25, -0.2) is 0 Å². The number of hydrogen-bond donors (Lipinski definition) is 1. The summed E-state index contributed by atoms with van der Waals surface area (Å²) in [5.41, 5.74) is 0. The highest BCUT2D eigenvalue weighted by atomic mass is 35.5. The van der Waals surface area contributed by atoms with E-state index < -0.39 is 0 Å². The van der Waals surface area contributed by atoms with Crippen molar-refractivity contribution in [3.63, 3.8) is 0 Å². The summed E-state index contributed by atoms with van der Waals surface area (Å²) >= 11 is 5.15. The topological polar surface area (TPSA) is 87.0 Å². The second kappa shape index (κ2) is 4.62. The smallest absolute Gasteiger partial charge is 0.244 e. The summed E-state index contributed by atoms with van der Waals surface area (Å²) in [6, 6.07) is 0. The van der Waals surface area contributed by atoms with E-state index in [1.165, 1.54) is 5.34 Å². The first kappa shape index (κ1) is 9.83. The highest BCUT2D eigenvalue weighted by molar-refractivity contribution is 6.32. The Morgan fingerprint density at radius 1 is 1.36 bits per heavy atom. The van der Waals surface area contributed by atoms with Gasteiger partial charge in [0.1, 0.15) is 0 Å². The van der Waals surface area contributed by atoms with Gasteiger partial charge in [-0.15, -0.1) is 4.91 Å². The maximum atomic E-state index is 10.4. The normalized spacial score (nSPS) is 15.9. The molecule has 7 heteroatoms. The standard InChI is InChI=1S/C4H4ClNO2.HNO2/c5-6-3(7)1-2-4(6)8;2-1-3/h1-2H2;(H,2,3). The van der Waals surface area contributed by atoms with Crippen LogP contribution in [0, 0.1) is 4.91 Å². The summed E-state index contributed by atoms with van der Waals surface area (Å²) in [5, 5.41) is 7.89. The monoisotopic (exact) mass is 180 g/mol. The molecule has 0 radical (unpaired) electrons. The molecule has 0 aliphatic carbocycles. The molecule has 0 aromatic heterocycles. The Balaban J connectivity index is 0.000000292. The fraction of sp³-hybridized carbons (Fsp3) is 0.500. The highest BCUT2D eigenvalue weighted by Gasteiger charge is 2.26. The summed E-state index contributed by atoms with van der Waals surface area (Å²) in [6.45, 7) is 0. The van der Waals surface area contributed by atoms with E-state index in [0.717, 1.165) is 0 Å². The first-order chi connectivity index (χ1) is 5.13. The Morgan fingerprint density at radius 3 is 1.73 bits per heavy atom. The Bertz CT molecular complexity index is 167. The maximum Gasteiger partial charge on any atom is 0.244 e. The molecule has 0 saturated carbocycles. The van der Waals surface area contributed by atoms with Gasteiger partial charge in [0.25, 0.3) is 0 Å². The van der Waals surface area contributed by atoms with Crippen LogP contribution in [-0.4, -0.2) is 21.4 Å². The largest absolute Gasteiger partial charge is 0.379 e. The van der Waals surface area contributed by atoms with Crippen molar-refractivity contribution >= 4 is 23.6 Å². The van der Waals surface area contributed by atoms with Gasteiger partial charge in [0.05, 0.1) is 0 Å². The molecule has 1 heterocycles. The van der Waals surface area contributed by atoms with Crippen LogP contribution in [-0.2, 0) is 9.59 Å². The second-order valence-corrected chi connectivity index (χ2v) is 1.99. The maximum absolute atomic E-state index is 10.4. The SMILES string of the molecule is O=C1CCC(=O)N1Cl.O=NO. The lowest BCUT2D eigenvalue weighted by molar-refractivity contribution is -0.132. The van der Waals surface area contributed by atoms with E-state index in [1.807, 2.05) is 0 Å². The average molecular weight is 181 g/mol. The van der Waals surface area contributed by atoms with Crippen molar-refractivity contribution in [2.45, 2.75) is 12.8 Å². The van der Waals surface area contributed by atoms with Crippen molar-refractivity contribution in [2.24, 2.45) is 5.34 Å². The van der Waals surface area contributed by atoms with Gasteiger partial charge < -0.3 is 5.21 Å². The molecule has 11 heavy (non-hydrogen) atoms. The van der Waals surface area contributed by atoms with Gasteiger partial charge in [-0.1, -0.05) is 0 Å². The molecule has 1 aliphatic rings. The van der Waals surface area contributed by atoms with Crippen LogP contribution in [0.15, 0.2) is 5.34 Å². The first-order valence-corrected chi connectivity index (χ1v) is 2.95. The van der Waals surface area contributed by atoms with Crippen LogP contribution in [0.2, 0.25) is 0 Å². The van der Waals surface area contributed by atoms with Gasteiger partial charge >= 0.3 is 0 Å². The lowest BCUT2D eigenvalue weighted by atomic mass is 10.4. The van der Waals surface area contributed by atoms with Crippen LogP contribution >= 0.6 is 11.8 Å². The van der Waals surface area contributed by atoms with Crippen LogP contribution < -0.4 is 0 Å². The number of amides is 2. The lowest BCUT2D eigenvalue weighted by Crippen LogP contribution is -2.16. The Morgan fingerprint density at radius 2 is 1.64 bits per heavy atom. The van der Waals surface area contributed by atoms with Gasteiger partial charge in [0.15, 0.2) is 5.34 Å². The zero-order valence-corrected chi connectivity index (χ0v) is 6.11. The Labute approximate surface area is 66.8 Å². The quantitative estimate of drug-likeness (QED) is 0.253. The minimum Gasteiger partial charge on any atom is -0.379 e. The van der Waals surface area contributed by atoms with Crippen LogP contribution in [0.4, 0.5) is 0 Å². The van der Waals surface area contributed by atoms with Crippen LogP contribution in [0.25, 0.3) is 0 Å².